The normalized spacial score (nSPS) is 30.5. The van der Waals surface area contributed by atoms with Gasteiger partial charge in [0, 0.05) is 25.2 Å². The molecule has 138 valence electrons. The molecule has 25 heavy (non-hydrogen) atoms. The number of nitrogens with one attached hydrogen (secondary N) is 1. The zero-order chi connectivity index (χ0) is 17.8. The van der Waals surface area contributed by atoms with Crippen molar-refractivity contribution >= 4 is 20.0 Å². The van der Waals surface area contributed by atoms with Gasteiger partial charge in [0.1, 0.15) is 0 Å². The lowest BCUT2D eigenvalue weighted by Gasteiger charge is -2.19. The number of sulfonamides is 2. The molecule has 0 radical (unpaired) electrons. The Kier molecular flexibility index (Phi) is 4.19. The Morgan fingerprint density at radius 1 is 1.00 bits per heavy atom. The number of benzene rings is 1. The molecule has 1 aliphatic heterocycles. The zero-order valence-corrected chi connectivity index (χ0v) is 15.5. The fourth-order valence-electron chi connectivity index (χ4n) is 3.90. The van der Waals surface area contributed by atoms with E-state index in [0.717, 1.165) is 25.7 Å². The topological polar surface area (TPSA) is 110 Å². The van der Waals surface area contributed by atoms with Crippen LogP contribution in [0.25, 0.3) is 0 Å². The molecule has 2 saturated carbocycles. The van der Waals surface area contributed by atoms with E-state index in [-0.39, 0.29) is 27.8 Å². The van der Waals surface area contributed by atoms with Gasteiger partial charge in [-0.2, -0.15) is 4.31 Å². The molecule has 0 bridgehead atoms. The lowest BCUT2D eigenvalue weighted by molar-refractivity contribution is 0.427. The summed E-state index contributed by atoms with van der Waals surface area (Å²) in [5.41, 5.74) is 6.09. The van der Waals surface area contributed by atoms with Gasteiger partial charge in [-0.05, 0) is 55.7 Å². The van der Waals surface area contributed by atoms with Crippen LogP contribution in [0.2, 0.25) is 0 Å². The Hall–Kier alpha value is -1.00. The molecule has 0 aromatic heterocycles. The van der Waals surface area contributed by atoms with Gasteiger partial charge in [-0.25, -0.2) is 21.6 Å². The molecule has 0 spiro atoms. The number of nitrogens with two attached hydrogens (primary N) is 1. The summed E-state index contributed by atoms with van der Waals surface area (Å²) in [6.07, 6.45) is 3.56. The highest BCUT2D eigenvalue weighted by Crippen LogP contribution is 2.39. The van der Waals surface area contributed by atoms with Gasteiger partial charge in [-0.3, -0.25) is 0 Å². The van der Waals surface area contributed by atoms with Crippen LogP contribution >= 0.6 is 0 Å². The molecule has 3 N–H and O–H groups in total. The van der Waals surface area contributed by atoms with Crippen molar-refractivity contribution in [1.82, 2.24) is 9.03 Å². The van der Waals surface area contributed by atoms with Crippen LogP contribution in [0.3, 0.4) is 0 Å². The lowest BCUT2D eigenvalue weighted by atomic mass is 9.98. The smallest absolute Gasteiger partial charge is 0.243 e. The first kappa shape index (κ1) is 17.4. The minimum absolute atomic E-state index is 0.00318. The fraction of sp³-hybridized carbons (Fsp3) is 0.625. The van der Waals surface area contributed by atoms with Crippen LogP contribution in [0.1, 0.15) is 25.7 Å². The molecule has 0 amide bonds. The van der Waals surface area contributed by atoms with E-state index in [4.69, 9.17) is 5.73 Å². The maximum Gasteiger partial charge on any atom is 0.243 e. The van der Waals surface area contributed by atoms with Crippen LogP contribution in [-0.4, -0.2) is 46.3 Å². The Bertz CT molecular complexity index is 880. The molecule has 3 aliphatic rings. The number of fused-ring (bicyclic) bond motifs is 1. The Morgan fingerprint density at radius 3 is 2.40 bits per heavy atom. The van der Waals surface area contributed by atoms with Crippen molar-refractivity contribution in [3.8, 4) is 0 Å². The summed E-state index contributed by atoms with van der Waals surface area (Å²) in [5, 5.41) is 0. The third kappa shape index (κ3) is 3.23. The van der Waals surface area contributed by atoms with E-state index >= 15 is 0 Å². The second-order valence-corrected chi connectivity index (χ2v) is 11.0. The predicted molar refractivity (Wildman–Crippen MR) is 92.7 cm³/mol. The molecule has 3 atom stereocenters. The fourth-order valence-corrected chi connectivity index (χ4v) is 6.91. The third-order valence-electron chi connectivity index (χ3n) is 5.53. The van der Waals surface area contributed by atoms with Crippen molar-refractivity contribution < 1.29 is 16.8 Å². The molecular formula is C16H23N3O4S2. The van der Waals surface area contributed by atoms with Gasteiger partial charge in [0.2, 0.25) is 20.0 Å². The van der Waals surface area contributed by atoms with Crippen molar-refractivity contribution in [2.24, 2.45) is 17.6 Å². The Balaban J connectivity index is 1.60. The van der Waals surface area contributed by atoms with E-state index in [0.29, 0.717) is 19.0 Å². The molecule has 3 unspecified atom stereocenters. The SMILES string of the molecule is NC1CCC2CN(S(=O)(=O)c3cccc(S(=O)(=O)NC4CC4)c3)CC12. The minimum Gasteiger partial charge on any atom is -0.327 e. The van der Waals surface area contributed by atoms with Gasteiger partial charge in [0.05, 0.1) is 9.79 Å². The first-order valence-corrected chi connectivity index (χ1v) is 11.6. The zero-order valence-electron chi connectivity index (χ0n) is 13.8. The number of hydrogen-bond donors (Lipinski definition) is 2. The number of hydrogen-bond acceptors (Lipinski definition) is 5. The van der Waals surface area contributed by atoms with E-state index in [1.807, 2.05) is 0 Å². The monoisotopic (exact) mass is 385 g/mol. The number of nitrogens with zero attached hydrogens (tertiary/aromatic N) is 1. The van der Waals surface area contributed by atoms with Gasteiger partial charge >= 0.3 is 0 Å². The van der Waals surface area contributed by atoms with Crippen molar-refractivity contribution in [1.29, 1.82) is 0 Å². The van der Waals surface area contributed by atoms with Crippen LogP contribution in [0.5, 0.6) is 0 Å². The van der Waals surface area contributed by atoms with Crippen molar-refractivity contribution in [3.05, 3.63) is 24.3 Å². The largest absolute Gasteiger partial charge is 0.327 e. The summed E-state index contributed by atoms with van der Waals surface area (Å²) >= 11 is 0. The summed E-state index contributed by atoms with van der Waals surface area (Å²) < 4.78 is 54.7. The summed E-state index contributed by atoms with van der Waals surface area (Å²) in [6.45, 7) is 0.892. The van der Waals surface area contributed by atoms with Crippen LogP contribution in [-0.2, 0) is 20.0 Å². The summed E-state index contributed by atoms with van der Waals surface area (Å²) in [6, 6.07) is 5.66. The quantitative estimate of drug-likeness (QED) is 0.766. The van der Waals surface area contributed by atoms with Crippen molar-refractivity contribution in [2.45, 2.75) is 47.6 Å². The lowest BCUT2D eigenvalue weighted by Crippen LogP contribution is -2.33. The molecule has 1 aromatic rings. The molecule has 2 aliphatic carbocycles. The highest BCUT2D eigenvalue weighted by atomic mass is 32.2. The molecule has 3 fully saturated rings. The highest BCUT2D eigenvalue weighted by Gasteiger charge is 2.45. The second-order valence-electron chi connectivity index (χ2n) is 7.36. The molecule has 7 nitrogen and oxygen atoms in total. The van der Waals surface area contributed by atoms with E-state index in [1.165, 1.54) is 28.6 Å². The summed E-state index contributed by atoms with van der Waals surface area (Å²) in [5.74, 6) is 0.520. The average molecular weight is 386 g/mol. The van der Waals surface area contributed by atoms with Crippen LogP contribution < -0.4 is 10.5 Å². The standard InChI is InChI=1S/C16H23N3O4S2/c17-16-7-4-11-9-19(10-15(11)16)25(22,23)14-3-1-2-13(8-14)24(20,21)18-12-5-6-12/h1-3,8,11-12,15-16,18H,4-7,9-10,17H2. The maximum absolute atomic E-state index is 13.0. The van der Waals surface area contributed by atoms with Gasteiger partial charge in [0.15, 0.2) is 0 Å². The van der Waals surface area contributed by atoms with Gasteiger partial charge in [-0.1, -0.05) is 6.07 Å². The first-order chi connectivity index (χ1) is 11.8. The molecule has 9 heteroatoms. The first-order valence-electron chi connectivity index (χ1n) is 8.65. The predicted octanol–water partition coefficient (Wildman–Crippen LogP) is 0.485. The van der Waals surface area contributed by atoms with Gasteiger partial charge < -0.3 is 5.73 Å². The number of rotatable bonds is 5. The average Bonchev–Trinajstić information content (AvgIpc) is 3.14. The van der Waals surface area contributed by atoms with E-state index in [9.17, 15) is 16.8 Å². The van der Waals surface area contributed by atoms with Crippen molar-refractivity contribution in [2.75, 3.05) is 13.1 Å². The van der Waals surface area contributed by atoms with Crippen molar-refractivity contribution in [3.63, 3.8) is 0 Å². The second kappa shape index (κ2) is 6.02. The molecule has 1 aromatic carbocycles. The summed E-state index contributed by atoms with van der Waals surface area (Å²) in [4.78, 5) is 0.0243. The highest BCUT2D eigenvalue weighted by molar-refractivity contribution is 7.90. The Labute approximate surface area is 148 Å². The third-order valence-corrected chi connectivity index (χ3v) is 8.88. The molecule has 1 heterocycles. The van der Waals surface area contributed by atoms with Gasteiger partial charge in [-0.15, -0.1) is 0 Å². The van der Waals surface area contributed by atoms with E-state index in [2.05, 4.69) is 4.72 Å². The Morgan fingerprint density at radius 2 is 1.72 bits per heavy atom. The summed E-state index contributed by atoms with van der Waals surface area (Å²) in [7, 11) is -7.39. The molecular weight excluding hydrogens is 362 g/mol. The maximum atomic E-state index is 13.0. The minimum atomic E-state index is -3.71. The van der Waals surface area contributed by atoms with Gasteiger partial charge in [0.25, 0.3) is 0 Å². The van der Waals surface area contributed by atoms with Crippen LogP contribution in [0, 0.1) is 11.8 Å². The van der Waals surface area contributed by atoms with E-state index in [1.54, 1.807) is 0 Å². The molecule has 1 saturated heterocycles. The molecule has 4 rings (SSSR count). The van der Waals surface area contributed by atoms with Crippen LogP contribution in [0.15, 0.2) is 34.1 Å². The van der Waals surface area contributed by atoms with E-state index < -0.39 is 20.0 Å². The van der Waals surface area contributed by atoms with Crippen LogP contribution in [0.4, 0.5) is 0 Å².